The molecule has 0 aromatic heterocycles. The second kappa shape index (κ2) is 6.84. The van der Waals surface area contributed by atoms with Crippen molar-refractivity contribution in [3.05, 3.63) is 0 Å². The first kappa shape index (κ1) is 20.8. The van der Waals surface area contributed by atoms with Crippen LogP contribution < -0.4 is 0 Å². The lowest BCUT2D eigenvalue weighted by atomic mass is 9.91. The zero-order chi connectivity index (χ0) is 19.4. The van der Waals surface area contributed by atoms with Crippen molar-refractivity contribution in [3.8, 4) is 0 Å². The van der Waals surface area contributed by atoms with Gasteiger partial charge in [-0.25, -0.2) is 0 Å². The van der Waals surface area contributed by atoms with Gasteiger partial charge in [0.1, 0.15) is 6.10 Å². The number of fused-ring (bicyclic) bond motifs is 1. The molecule has 0 aromatic carbocycles. The number of hydrogen-bond donors (Lipinski definition) is 0. The molecule has 1 saturated heterocycles. The molecule has 2 saturated carbocycles. The van der Waals surface area contributed by atoms with Crippen LogP contribution in [0.2, 0.25) is 18.1 Å². The molecule has 26 heavy (non-hydrogen) atoms. The third-order valence-corrected chi connectivity index (χ3v) is 11.7. The van der Waals surface area contributed by atoms with E-state index in [1.807, 2.05) is 13.8 Å². The number of hydrogen-bond acceptors (Lipinski definition) is 4. The molecule has 0 amide bonds. The third-order valence-electron chi connectivity index (χ3n) is 7.22. The second-order valence-corrected chi connectivity index (χ2v) is 15.4. The van der Waals surface area contributed by atoms with E-state index < -0.39 is 14.1 Å². The molecule has 1 aliphatic heterocycles. The van der Waals surface area contributed by atoms with Crippen LogP contribution in [0.1, 0.15) is 67.2 Å². The molecule has 3 aliphatic rings. The molecule has 4 atom stereocenters. The molecule has 152 valence electrons. The summed E-state index contributed by atoms with van der Waals surface area (Å²) >= 11 is 0. The van der Waals surface area contributed by atoms with Crippen LogP contribution >= 0.6 is 0 Å². The Balaban J connectivity index is 1.76. The van der Waals surface area contributed by atoms with Crippen molar-refractivity contribution in [1.82, 2.24) is 0 Å². The summed E-state index contributed by atoms with van der Waals surface area (Å²) in [5, 5.41) is 0.227. The SMILES string of the molecule is CCCCO[C@H]1[C@H]2OC(C)(C)OC2[C@@H](CO[Si](C)(C)C(C)(C)C)C12CC2. The molecule has 0 radical (unpaired) electrons. The highest BCUT2D eigenvalue weighted by Crippen LogP contribution is 2.65. The van der Waals surface area contributed by atoms with E-state index in [0.29, 0.717) is 5.92 Å². The minimum atomic E-state index is -1.78. The Labute approximate surface area is 161 Å². The summed E-state index contributed by atoms with van der Waals surface area (Å²) in [7, 11) is -1.78. The van der Waals surface area contributed by atoms with Crippen molar-refractivity contribution >= 4 is 8.32 Å². The van der Waals surface area contributed by atoms with Gasteiger partial charge >= 0.3 is 0 Å². The fourth-order valence-electron chi connectivity index (χ4n) is 4.42. The van der Waals surface area contributed by atoms with Gasteiger partial charge in [-0.2, -0.15) is 0 Å². The van der Waals surface area contributed by atoms with E-state index >= 15 is 0 Å². The van der Waals surface area contributed by atoms with E-state index in [9.17, 15) is 0 Å². The van der Waals surface area contributed by atoms with Crippen molar-refractivity contribution in [2.75, 3.05) is 13.2 Å². The van der Waals surface area contributed by atoms with Gasteiger partial charge in [-0.15, -0.1) is 0 Å². The van der Waals surface area contributed by atoms with Gasteiger partial charge < -0.3 is 18.6 Å². The van der Waals surface area contributed by atoms with Crippen molar-refractivity contribution < 1.29 is 18.6 Å². The van der Waals surface area contributed by atoms with Crippen LogP contribution in [0.4, 0.5) is 0 Å². The highest BCUT2D eigenvalue weighted by Gasteiger charge is 2.71. The molecular weight excluding hydrogens is 344 g/mol. The zero-order valence-electron chi connectivity index (χ0n) is 18.2. The average molecular weight is 385 g/mol. The van der Waals surface area contributed by atoms with E-state index in [1.165, 1.54) is 12.8 Å². The number of rotatable bonds is 7. The molecule has 1 spiro atoms. The van der Waals surface area contributed by atoms with Gasteiger partial charge in [-0.1, -0.05) is 34.1 Å². The Morgan fingerprint density at radius 1 is 1.08 bits per heavy atom. The predicted molar refractivity (Wildman–Crippen MR) is 107 cm³/mol. The molecule has 3 rings (SSSR count). The maximum absolute atomic E-state index is 6.65. The average Bonchev–Trinajstić information content (AvgIpc) is 3.17. The van der Waals surface area contributed by atoms with Crippen LogP contribution in [0, 0.1) is 11.3 Å². The lowest BCUT2D eigenvalue weighted by molar-refractivity contribution is -0.184. The Hall–Kier alpha value is 0.0569. The summed E-state index contributed by atoms with van der Waals surface area (Å²) in [5.74, 6) is -0.136. The fraction of sp³-hybridized carbons (Fsp3) is 1.00. The first-order valence-electron chi connectivity index (χ1n) is 10.5. The lowest BCUT2D eigenvalue weighted by Crippen LogP contribution is -2.44. The van der Waals surface area contributed by atoms with Gasteiger partial charge in [-0.05, 0) is 51.2 Å². The van der Waals surface area contributed by atoms with Crippen molar-refractivity contribution in [2.45, 2.75) is 109 Å². The smallest absolute Gasteiger partial charge is 0.191 e. The Morgan fingerprint density at radius 3 is 2.23 bits per heavy atom. The summed E-state index contributed by atoms with van der Waals surface area (Å²) in [5.41, 5.74) is 0.210. The largest absolute Gasteiger partial charge is 0.416 e. The highest BCUT2D eigenvalue weighted by molar-refractivity contribution is 6.74. The van der Waals surface area contributed by atoms with Crippen LogP contribution in [0.3, 0.4) is 0 Å². The normalized spacial score (nSPS) is 35.1. The number of ether oxygens (including phenoxy) is 3. The number of unbranched alkanes of at least 4 members (excludes halogenated alkanes) is 1. The summed E-state index contributed by atoms with van der Waals surface area (Å²) in [4.78, 5) is 0. The van der Waals surface area contributed by atoms with Crippen LogP contribution in [-0.4, -0.2) is 45.6 Å². The highest BCUT2D eigenvalue weighted by atomic mass is 28.4. The van der Waals surface area contributed by atoms with Gasteiger partial charge in [0.15, 0.2) is 14.1 Å². The molecule has 2 aliphatic carbocycles. The maximum atomic E-state index is 6.65. The molecular formula is C21H40O4Si. The van der Waals surface area contributed by atoms with Gasteiger partial charge in [0.2, 0.25) is 0 Å². The summed E-state index contributed by atoms with van der Waals surface area (Å²) in [6.07, 6.45) is 5.02. The van der Waals surface area contributed by atoms with E-state index in [-0.39, 0.29) is 28.8 Å². The van der Waals surface area contributed by atoms with Crippen molar-refractivity contribution in [3.63, 3.8) is 0 Å². The molecule has 0 N–H and O–H groups in total. The fourth-order valence-corrected chi connectivity index (χ4v) is 5.45. The Bertz CT molecular complexity index is 507. The zero-order valence-corrected chi connectivity index (χ0v) is 19.2. The molecule has 0 aromatic rings. The van der Waals surface area contributed by atoms with E-state index in [0.717, 1.165) is 26.1 Å². The van der Waals surface area contributed by atoms with Gasteiger partial charge in [0, 0.05) is 24.5 Å². The van der Waals surface area contributed by atoms with E-state index in [1.54, 1.807) is 0 Å². The van der Waals surface area contributed by atoms with Crippen LogP contribution in [0.15, 0.2) is 0 Å². The van der Waals surface area contributed by atoms with E-state index in [2.05, 4.69) is 40.8 Å². The van der Waals surface area contributed by atoms with Crippen LogP contribution in [0.5, 0.6) is 0 Å². The molecule has 1 heterocycles. The summed E-state index contributed by atoms with van der Waals surface area (Å²) in [6.45, 7) is 19.5. The molecule has 0 bridgehead atoms. The minimum absolute atomic E-state index is 0.0531. The summed E-state index contributed by atoms with van der Waals surface area (Å²) in [6, 6.07) is 0. The monoisotopic (exact) mass is 384 g/mol. The molecule has 3 fully saturated rings. The Kier molecular flexibility index (Phi) is 5.46. The van der Waals surface area contributed by atoms with Crippen LogP contribution in [-0.2, 0) is 18.6 Å². The van der Waals surface area contributed by atoms with Gasteiger partial charge in [-0.3, -0.25) is 0 Å². The Morgan fingerprint density at radius 2 is 1.69 bits per heavy atom. The third kappa shape index (κ3) is 3.67. The predicted octanol–water partition coefficient (Wildman–Crippen LogP) is 5.12. The minimum Gasteiger partial charge on any atom is -0.416 e. The molecule has 4 nitrogen and oxygen atoms in total. The topological polar surface area (TPSA) is 36.9 Å². The molecule has 5 heteroatoms. The van der Waals surface area contributed by atoms with Crippen molar-refractivity contribution in [1.29, 1.82) is 0 Å². The standard InChI is InChI=1S/C21H40O4Si/c1-9-10-13-22-18-17-16(24-20(5,6)25-17)15(21(18)11-12-21)14-23-26(7,8)19(2,3)4/h15-18H,9-14H2,1-8H3/t15-,16?,17+,18+/m1/s1. The quantitative estimate of drug-likeness (QED) is 0.451. The van der Waals surface area contributed by atoms with Gasteiger partial charge in [0.25, 0.3) is 0 Å². The first-order chi connectivity index (χ1) is 11.9. The lowest BCUT2D eigenvalue weighted by Gasteiger charge is -2.38. The maximum Gasteiger partial charge on any atom is 0.191 e. The van der Waals surface area contributed by atoms with Crippen molar-refractivity contribution in [2.24, 2.45) is 11.3 Å². The molecule has 1 unspecified atom stereocenters. The second-order valence-electron chi connectivity index (χ2n) is 10.6. The summed E-state index contributed by atoms with van der Waals surface area (Å²) < 4.78 is 25.8. The van der Waals surface area contributed by atoms with Crippen LogP contribution in [0.25, 0.3) is 0 Å². The van der Waals surface area contributed by atoms with Gasteiger partial charge in [0.05, 0.1) is 12.2 Å². The van der Waals surface area contributed by atoms with E-state index in [4.69, 9.17) is 18.6 Å². The first-order valence-corrected chi connectivity index (χ1v) is 13.5.